The summed E-state index contributed by atoms with van der Waals surface area (Å²) in [6, 6.07) is 0. The van der Waals surface area contributed by atoms with Gasteiger partial charge in [-0.05, 0) is 106 Å². The zero-order valence-electron chi connectivity index (χ0n) is 23.2. The molecule has 0 aromatic heterocycles. The minimum absolute atomic E-state index is 1.34. The molecule has 0 N–H and O–H groups in total. The molecule has 5 nitrogen and oxygen atoms in total. The lowest BCUT2D eigenvalue weighted by Gasteiger charge is -2.43. The molecule has 0 rings (SSSR count). The summed E-state index contributed by atoms with van der Waals surface area (Å²) >= 11 is 0. The summed E-state index contributed by atoms with van der Waals surface area (Å²) in [5.74, 6) is 0. The van der Waals surface area contributed by atoms with Crippen LogP contribution in [0.15, 0.2) is 22.5 Å². The highest BCUT2D eigenvalue weighted by atomic mass is 28.5. The van der Waals surface area contributed by atoms with Gasteiger partial charge in [0.15, 0.2) is 0 Å². The van der Waals surface area contributed by atoms with Gasteiger partial charge in [0, 0.05) is 0 Å². The Kier molecular flexibility index (Phi) is 11.1. The van der Waals surface area contributed by atoms with E-state index in [4.69, 9.17) is 20.6 Å². The van der Waals surface area contributed by atoms with Crippen molar-refractivity contribution in [2.24, 2.45) is 0 Å². The Bertz CT molecular complexity index is 613. The van der Waals surface area contributed by atoms with Crippen molar-refractivity contribution < 1.29 is 20.6 Å². The molecule has 0 saturated carbocycles. The summed E-state index contributed by atoms with van der Waals surface area (Å²) in [7, 11) is -13.6. The van der Waals surface area contributed by atoms with Gasteiger partial charge in [0.2, 0.25) is 16.6 Å². The summed E-state index contributed by atoms with van der Waals surface area (Å²) in [5, 5.41) is 2.67. The highest BCUT2D eigenvalue weighted by Gasteiger charge is 2.47. The first-order chi connectivity index (χ1) is 13.5. The van der Waals surface area contributed by atoms with Crippen molar-refractivity contribution in [1.82, 2.24) is 0 Å². The monoisotopic (exact) mass is 538 g/mol. The Labute approximate surface area is 199 Å². The molecule has 0 unspecified atom stereocenters. The zero-order valence-corrected chi connectivity index (χ0v) is 29.2. The van der Waals surface area contributed by atoms with Crippen LogP contribution in [0.3, 0.4) is 0 Å². The maximum Gasteiger partial charge on any atom is 0.314 e. The minimum Gasteiger partial charge on any atom is -0.433 e. The van der Waals surface area contributed by atoms with Crippen LogP contribution in [0.1, 0.15) is 27.7 Å². The molecule has 0 aliphatic heterocycles. The molecular weight excluding hydrogens is 489 g/mol. The van der Waals surface area contributed by atoms with Gasteiger partial charge in [-0.3, -0.25) is 0 Å². The van der Waals surface area contributed by atoms with Crippen LogP contribution in [0.25, 0.3) is 0 Å². The van der Waals surface area contributed by atoms with Crippen LogP contribution in [-0.2, 0) is 20.6 Å². The molecule has 0 bridgehead atoms. The molecule has 0 saturated heterocycles. The van der Waals surface area contributed by atoms with Crippen LogP contribution in [0, 0.1) is 0 Å². The minimum atomic E-state index is -2.46. The predicted octanol–water partition coefficient (Wildman–Crippen LogP) is 7.30. The van der Waals surface area contributed by atoms with Crippen molar-refractivity contribution in [3.05, 3.63) is 22.5 Å². The van der Waals surface area contributed by atoms with Gasteiger partial charge in [-0.1, -0.05) is 22.5 Å². The third kappa shape index (κ3) is 11.5. The fourth-order valence-electron chi connectivity index (χ4n) is 3.94. The van der Waals surface area contributed by atoms with E-state index in [-0.39, 0.29) is 0 Å². The molecule has 184 valence electrons. The van der Waals surface area contributed by atoms with Gasteiger partial charge in [0.1, 0.15) is 0 Å². The highest BCUT2D eigenvalue weighted by Crippen LogP contribution is 2.29. The average molecular weight is 539 g/mol. The van der Waals surface area contributed by atoms with E-state index in [9.17, 15) is 0 Å². The first-order valence-corrected chi connectivity index (χ1v) is 28.4. The van der Waals surface area contributed by atoms with E-state index in [0.29, 0.717) is 0 Å². The Morgan fingerprint density at radius 2 is 0.613 bits per heavy atom. The van der Waals surface area contributed by atoms with Crippen molar-refractivity contribution in [2.45, 2.75) is 106 Å². The van der Waals surface area contributed by atoms with Crippen molar-refractivity contribution in [3.63, 3.8) is 0 Å². The van der Waals surface area contributed by atoms with Crippen molar-refractivity contribution in [2.75, 3.05) is 0 Å². The fourth-order valence-corrected chi connectivity index (χ4v) is 32.8. The molecule has 0 aromatic carbocycles. The molecule has 0 aliphatic carbocycles. The lowest BCUT2D eigenvalue weighted by molar-refractivity contribution is 0.282. The first kappa shape index (κ1) is 31.6. The highest BCUT2D eigenvalue weighted by molar-refractivity contribution is 6.93. The van der Waals surface area contributed by atoms with Gasteiger partial charge >= 0.3 is 34.2 Å². The lowest BCUT2D eigenvalue weighted by atomic mass is 10.6. The predicted molar refractivity (Wildman–Crippen MR) is 149 cm³/mol. The van der Waals surface area contributed by atoms with Gasteiger partial charge < -0.3 is 20.6 Å². The SMILES string of the molecule is CC=C(C)[Si](C)(C)O[Si](C)(C)O[Si](C)(C)O[Si](C)(C)O[Si](C)(C)O[Si](C)(C)C(C)=CC. The molecule has 31 heavy (non-hydrogen) atoms. The van der Waals surface area contributed by atoms with E-state index >= 15 is 0 Å². The average Bonchev–Trinajstić information content (AvgIpc) is 2.46. The Balaban J connectivity index is 5.34. The molecule has 0 heterocycles. The molecule has 0 amide bonds. The van der Waals surface area contributed by atoms with Crippen LogP contribution in [0.4, 0.5) is 0 Å². The molecule has 0 fully saturated rings. The molecule has 0 spiro atoms. The molecule has 0 aromatic rings. The molecule has 11 heteroatoms. The van der Waals surface area contributed by atoms with E-state index in [1.54, 1.807) is 0 Å². The van der Waals surface area contributed by atoms with E-state index in [2.05, 4.69) is 118 Å². The van der Waals surface area contributed by atoms with Gasteiger partial charge in [0.05, 0.1) is 0 Å². The van der Waals surface area contributed by atoms with Crippen LogP contribution >= 0.6 is 0 Å². The van der Waals surface area contributed by atoms with Gasteiger partial charge in [0.25, 0.3) is 0 Å². The topological polar surface area (TPSA) is 46.2 Å². The summed E-state index contributed by atoms with van der Waals surface area (Å²) < 4.78 is 33.2. The largest absolute Gasteiger partial charge is 0.433 e. The maximum absolute atomic E-state index is 6.64. The van der Waals surface area contributed by atoms with E-state index < -0.39 is 50.9 Å². The van der Waals surface area contributed by atoms with Crippen LogP contribution < -0.4 is 0 Å². The summed E-state index contributed by atoms with van der Waals surface area (Å²) in [5.41, 5.74) is 0. The van der Waals surface area contributed by atoms with Gasteiger partial charge in [-0.15, -0.1) is 0 Å². The maximum atomic E-state index is 6.64. The summed E-state index contributed by atoms with van der Waals surface area (Å²) in [6.07, 6.45) is 4.32. The number of hydrogen-bond donors (Lipinski definition) is 0. The third-order valence-corrected chi connectivity index (χ3v) is 29.4. The second-order valence-electron chi connectivity index (χ2n) is 11.1. The number of rotatable bonds is 12. The molecule has 0 aliphatic rings. The van der Waals surface area contributed by atoms with Crippen LogP contribution in [-0.4, -0.2) is 50.9 Å². The molecule has 0 atom stereocenters. The summed E-state index contributed by atoms with van der Waals surface area (Å²) in [4.78, 5) is 0. The van der Waals surface area contributed by atoms with E-state index in [1.165, 1.54) is 10.4 Å². The summed E-state index contributed by atoms with van der Waals surface area (Å²) in [6.45, 7) is 34.4. The van der Waals surface area contributed by atoms with Gasteiger partial charge in [-0.2, -0.15) is 0 Å². The Morgan fingerprint density at radius 3 is 0.806 bits per heavy atom. The first-order valence-electron chi connectivity index (χ1n) is 11.3. The second kappa shape index (κ2) is 10.9. The van der Waals surface area contributed by atoms with Crippen LogP contribution in [0.2, 0.25) is 78.6 Å². The Hall–Kier alpha value is 0.581. The van der Waals surface area contributed by atoms with Gasteiger partial charge in [-0.25, -0.2) is 0 Å². The van der Waals surface area contributed by atoms with Crippen molar-refractivity contribution in [3.8, 4) is 0 Å². The van der Waals surface area contributed by atoms with Crippen LogP contribution in [0.5, 0.6) is 0 Å². The van der Waals surface area contributed by atoms with Crippen molar-refractivity contribution in [1.29, 1.82) is 0 Å². The van der Waals surface area contributed by atoms with Crippen molar-refractivity contribution >= 4 is 50.9 Å². The second-order valence-corrected chi connectivity index (χ2v) is 34.0. The standard InChI is InChI=1S/C20H50O5Si6/c1-17-19(3)26(5,6)21-28(9,10)23-30(13,14)25-31(15,16)24-29(11,12)22-27(7,8)20(4)18-2/h17-18H,1-16H3. The number of allylic oxidation sites excluding steroid dienone is 4. The van der Waals surface area contributed by atoms with E-state index in [0.717, 1.165) is 0 Å². The molecule has 0 radical (unpaired) electrons. The fraction of sp³-hybridized carbons (Fsp3) is 0.800. The van der Waals surface area contributed by atoms with E-state index in [1.807, 2.05) is 0 Å². The zero-order chi connectivity index (χ0) is 25.1. The lowest BCUT2D eigenvalue weighted by Crippen LogP contribution is -2.60. The molecular formula is C20H50O5Si6. The normalized spacial score (nSPS) is 16.1. The smallest absolute Gasteiger partial charge is 0.314 e. The Morgan fingerprint density at radius 1 is 0.419 bits per heavy atom. The quantitative estimate of drug-likeness (QED) is 0.244. The third-order valence-electron chi connectivity index (χ3n) is 5.24. The number of hydrogen-bond acceptors (Lipinski definition) is 5.